The highest BCUT2D eigenvalue weighted by Gasteiger charge is 2.31. The Morgan fingerprint density at radius 2 is 2.13 bits per heavy atom. The van der Waals surface area contributed by atoms with E-state index in [1.807, 2.05) is 12.1 Å². The van der Waals surface area contributed by atoms with E-state index in [1.165, 1.54) is 6.92 Å². The van der Waals surface area contributed by atoms with Gasteiger partial charge in [0.1, 0.15) is 12.4 Å². The molecule has 4 nitrogen and oxygen atoms in total. The first-order valence-electron chi connectivity index (χ1n) is 4.26. The Hall–Kier alpha value is -0.820. The highest BCUT2D eigenvalue weighted by molar-refractivity contribution is 14.1. The quantitative estimate of drug-likeness (QED) is 0.825. The van der Waals surface area contributed by atoms with Gasteiger partial charge < -0.3 is 14.9 Å². The Bertz CT molecular complexity index is 362. The number of rotatable bonds is 4. The average molecular weight is 322 g/mol. The molecule has 0 aliphatic rings. The molecule has 0 spiro atoms. The molecule has 0 heterocycles. The summed E-state index contributed by atoms with van der Waals surface area (Å²) >= 11 is 2.08. The second kappa shape index (κ2) is 4.80. The number of halogens is 1. The van der Waals surface area contributed by atoms with Crippen molar-refractivity contribution in [3.8, 4) is 5.75 Å². The number of hydrogen-bond acceptors (Lipinski definition) is 3. The van der Waals surface area contributed by atoms with Crippen molar-refractivity contribution in [1.82, 2.24) is 0 Å². The van der Waals surface area contributed by atoms with Gasteiger partial charge in [-0.2, -0.15) is 0 Å². The van der Waals surface area contributed by atoms with E-state index in [4.69, 9.17) is 9.84 Å². The van der Waals surface area contributed by atoms with E-state index in [9.17, 15) is 9.90 Å². The van der Waals surface area contributed by atoms with Crippen molar-refractivity contribution in [3.05, 3.63) is 27.8 Å². The van der Waals surface area contributed by atoms with Crippen molar-refractivity contribution in [2.75, 3.05) is 6.61 Å². The zero-order valence-corrected chi connectivity index (χ0v) is 10.3. The second-order valence-corrected chi connectivity index (χ2v) is 4.46. The normalized spacial score (nSPS) is 14.3. The standard InChI is InChI=1S/C10H11IO4/c1-10(14,9(12)13)6-15-8-5-3-2-4-7(8)11/h2-5,14H,6H2,1H3,(H,12,13). The smallest absolute Gasteiger partial charge is 0.339 e. The number of aliphatic carboxylic acids is 1. The topological polar surface area (TPSA) is 66.8 Å². The largest absolute Gasteiger partial charge is 0.489 e. The second-order valence-electron chi connectivity index (χ2n) is 3.30. The van der Waals surface area contributed by atoms with Crippen LogP contribution in [0, 0.1) is 3.57 Å². The lowest BCUT2D eigenvalue weighted by Crippen LogP contribution is -2.41. The third kappa shape index (κ3) is 3.35. The Morgan fingerprint density at radius 1 is 1.53 bits per heavy atom. The number of ether oxygens (including phenoxy) is 1. The number of carbonyl (C=O) groups is 1. The number of hydrogen-bond donors (Lipinski definition) is 2. The Morgan fingerprint density at radius 3 is 2.67 bits per heavy atom. The molecule has 0 saturated carbocycles. The third-order valence-electron chi connectivity index (χ3n) is 1.81. The van der Waals surface area contributed by atoms with Crippen LogP contribution in [0.2, 0.25) is 0 Å². The molecule has 0 radical (unpaired) electrons. The van der Waals surface area contributed by atoms with Gasteiger partial charge in [0.05, 0.1) is 3.57 Å². The van der Waals surface area contributed by atoms with E-state index in [-0.39, 0.29) is 6.61 Å². The average Bonchev–Trinajstić information content (AvgIpc) is 2.16. The van der Waals surface area contributed by atoms with Gasteiger partial charge in [-0.3, -0.25) is 0 Å². The molecule has 0 saturated heterocycles. The van der Waals surface area contributed by atoms with E-state index in [1.54, 1.807) is 12.1 Å². The van der Waals surface area contributed by atoms with Crippen molar-refractivity contribution in [1.29, 1.82) is 0 Å². The molecule has 0 aliphatic heterocycles. The van der Waals surface area contributed by atoms with Crippen LogP contribution >= 0.6 is 22.6 Å². The van der Waals surface area contributed by atoms with Gasteiger partial charge in [-0.25, -0.2) is 4.79 Å². The van der Waals surface area contributed by atoms with Crippen LogP contribution in [0.5, 0.6) is 5.75 Å². The minimum absolute atomic E-state index is 0.275. The van der Waals surface area contributed by atoms with Crippen molar-refractivity contribution < 1.29 is 19.7 Å². The molecule has 1 aromatic rings. The summed E-state index contributed by atoms with van der Waals surface area (Å²) in [5, 5.41) is 18.1. The third-order valence-corrected chi connectivity index (χ3v) is 2.70. The van der Waals surface area contributed by atoms with Crippen LogP contribution in [0.25, 0.3) is 0 Å². The summed E-state index contributed by atoms with van der Waals surface area (Å²) in [7, 11) is 0. The zero-order valence-electron chi connectivity index (χ0n) is 8.11. The van der Waals surface area contributed by atoms with Crippen LogP contribution < -0.4 is 4.74 Å². The summed E-state index contributed by atoms with van der Waals surface area (Å²) < 4.78 is 6.10. The predicted molar refractivity (Wildman–Crippen MR) is 62.9 cm³/mol. The maximum atomic E-state index is 10.6. The fourth-order valence-corrected chi connectivity index (χ4v) is 1.38. The molecule has 5 heteroatoms. The Labute approximate surface area is 101 Å². The molecule has 15 heavy (non-hydrogen) atoms. The van der Waals surface area contributed by atoms with Crippen LogP contribution in [0.15, 0.2) is 24.3 Å². The number of para-hydroxylation sites is 1. The lowest BCUT2D eigenvalue weighted by molar-refractivity contribution is -0.159. The monoisotopic (exact) mass is 322 g/mol. The summed E-state index contributed by atoms with van der Waals surface area (Å²) in [5.74, 6) is -0.729. The van der Waals surface area contributed by atoms with Crippen LogP contribution in [0.3, 0.4) is 0 Å². The molecule has 0 aliphatic carbocycles. The Kier molecular flexibility index (Phi) is 3.92. The van der Waals surface area contributed by atoms with Crippen LogP contribution in [-0.2, 0) is 4.79 Å². The summed E-state index contributed by atoms with van der Waals surface area (Å²) in [6.07, 6.45) is 0. The summed E-state index contributed by atoms with van der Waals surface area (Å²) in [4.78, 5) is 10.6. The lowest BCUT2D eigenvalue weighted by Gasteiger charge is -2.18. The van der Waals surface area contributed by atoms with Crippen LogP contribution in [0.4, 0.5) is 0 Å². The van der Waals surface area contributed by atoms with E-state index in [0.717, 1.165) is 3.57 Å². The minimum Gasteiger partial charge on any atom is -0.489 e. The highest BCUT2D eigenvalue weighted by Crippen LogP contribution is 2.20. The maximum absolute atomic E-state index is 10.6. The molecule has 1 atom stereocenters. The number of carboxylic acids is 1. The number of carboxylic acid groups (broad SMARTS) is 1. The van der Waals surface area contributed by atoms with Crippen molar-refractivity contribution >= 4 is 28.6 Å². The first-order valence-corrected chi connectivity index (χ1v) is 5.34. The fourth-order valence-electron chi connectivity index (χ4n) is 0.842. The van der Waals surface area contributed by atoms with Gasteiger partial charge in [-0.15, -0.1) is 0 Å². The highest BCUT2D eigenvalue weighted by atomic mass is 127. The van der Waals surface area contributed by atoms with Gasteiger partial charge in [-0.1, -0.05) is 12.1 Å². The molecule has 0 bridgehead atoms. The van der Waals surface area contributed by atoms with Crippen LogP contribution in [-0.4, -0.2) is 28.4 Å². The molecular formula is C10H11IO4. The van der Waals surface area contributed by atoms with Gasteiger partial charge >= 0.3 is 5.97 Å². The zero-order chi connectivity index (χ0) is 11.5. The van der Waals surface area contributed by atoms with Crippen molar-refractivity contribution in [3.63, 3.8) is 0 Å². The van der Waals surface area contributed by atoms with Gasteiger partial charge in [0.2, 0.25) is 0 Å². The van der Waals surface area contributed by atoms with Crippen LogP contribution in [0.1, 0.15) is 6.92 Å². The van der Waals surface area contributed by atoms with E-state index >= 15 is 0 Å². The molecule has 0 fully saturated rings. The molecule has 1 unspecified atom stereocenters. The lowest BCUT2D eigenvalue weighted by atomic mass is 10.1. The first kappa shape index (κ1) is 12.3. The van der Waals surface area contributed by atoms with E-state index in [2.05, 4.69) is 22.6 Å². The minimum atomic E-state index is -1.86. The molecule has 82 valence electrons. The van der Waals surface area contributed by atoms with Gasteiger partial charge in [-0.05, 0) is 41.6 Å². The van der Waals surface area contributed by atoms with Gasteiger partial charge in [0.15, 0.2) is 5.60 Å². The number of aliphatic hydroxyl groups is 1. The first-order chi connectivity index (χ1) is 6.93. The summed E-state index contributed by atoms with van der Waals surface area (Å²) in [6.45, 7) is 0.924. The molecule has 1 rings (SSSR count). The molecule has 1 aromatic carbocycles. The SMILES string of the molecule is CC(O)(COc1ccccc1I)C(=O)O. The van der Waals surface area contributed by atoms with Crippen molar-refractivity contribution in [2.24, 2.45) is 0 Å². The fraction of sp³-hybridized carbons (Fsp3) is 0.300. The number of benzene rings is 1. The molecular weight excluding hydrogens is 311 g/mol. The summed E-state index contributed by atoms with van der Waals surface area (Å²) in [6, 6.07) is 7.20. The maximum Gasteiger partial charge on any atom is 0.339 e. The van der Waals surface area contributed by atoms with E-state index < -0.39 is 11.6 Å². The van der Waals surface area contributed by atoms with Crippen molar-refractivity contribution in [2.45, 2.75) is 12.5 Å². The Balaban J connectivity index is 2.66. The molecule has 2 N–H and O–H groups in total. The van der Waals surface area contributed by atoms with Gasteiger partial charge in [0.25, 0.3) is 0 Å². The summed E-state index contributed by atoms with van der Waals surface area (Å²) in [5.41, 5.74) is -1.86. The predicted octanol–water partition coefficient (Wildman–Crippen LogP) is 1.51. The molecule has 0 amide bonds. The molecule has 0 aromatic heterocycles. The van der Waals surface area contributed by atoms with Gasteiger partial charge in [0, 0.05) is 0 Å². The van der Waals surface area contributed by atoms with E-state index in [0.29, 0.717) is 5.75 Å².